The van der Waals surface area contributed by atoms with Gasteiger partial charge in [-0.1, -0.05) is 6.07 Å². The number of H-pyrrole nitrogens is 1. The molecule has 1 N–H and O–H groups in total. The molecule has 0 fully saturated rings. The summed E-state index contributed by atoms with van der Waals surface area (Å²) in [6.45, 7) is 0. The predicted octanol–water partition coefficient (Wildman–Crippen LogP) is 1.84. The van der Waals surface area contributed by atoms with Crippen LogP contribution in [0.2, 0.25) is 0 Å². The SMILES string of the molecule is O=c1[nH]c(=O)n2c3c(cccc13)S(=O)(=O)c1ccc(C(F)(F)F)cc1-2. The summed E-state index contributed by atoms with van der Waals surface area (Å²) in [5.41, 5.74) is -3.61. The smallest absolute Gasteiger partial charge is 0.273 e. The monoisotopic (exact) mass is 368 g/mol. The topological polar surface area (TPSA) is 89.0 Å². The van der Waals surface area contributed by atoms with Crippen LogP contribution in [0, 0.1) is 0 Å². The first-order valence-corrected chi connectivity index (χ1v) is 8.35. The molecule has 3 aromatic rings. The van der Waals surface area contributed by atoms with E-state index in [0.29, 0.717) is 12.1 Å². The Hall–Kier alpha value is -2.88. The molecule has 4 rings (SSSR count). The van der Waals surface area contributed by atoms with Gasteiger partial charge in [0.05, 0.1) is 31.9 Å². The number of halogens is 3. The van der Waals surface area contributed by atoms with Crippen LogP contribution in [-0.2, 0) is 16.0 Å². The van der Waals surface area contributed by atoms with Gasteiger partial charge < -0.3 is 0 Å². The number of alkyl halides is 3. The number of aromatic nitrogens is 2. The normalized spacial score (nSPS) is 15.2. The van der Waals surface area contributed by atoms with Gasteiger partial charge in [0, 0.05) is 0 Å². The van der Waals surface area contributed by atoms with Crippen molar-refractivity contribution in [2.24, 2.45) is 0 Å². The maximum absolute atomic E-state index is 13.0. The molecule has 0 atom stereocenters. The second-order valence-corrected chi connectivity index (χ2v) is 7.32. The highest BCUT2D eigenvalue weighted by Crippen LogP contribution is 2.39. The van der Waals surface area contributed by atoms with Crippen LogP contribution >= 0.6 is 0 Å². The Balaban J connectivity index is 2.30. The standard InChI is InChI=1S/C15H7F3N2O4S/c16-15(17,18)7-4-5-10-9(6-7)20-12-8(13(21)19-14(20)22)2-1-3-11(12)25(10,23)24/h1-6H,(H,19,21,22). The number of rotatable bonds is 0. The fourth-order valence-corrected chi connectivity index (χ4v) is 4.54. The molecule has 0 spiro atoms. The Bertz CT molecular complexity index is 1290. The van der Waals surface area contributed by atoms with Gasteiger partial charge in [-0.2, -0.15) is 13.2 Å². The molecule has 0 radical (unpaired) electrons. The van der Waals surface area contributed by atoms with Crippen LogP contribution in [0.3, 0.4) is 0 Å². The summed E-state index contributed by atoms with van der Waals surface area (Å²) in [5, 5.41) is -0.108. The molecule has 2 heterocycles. The maximum Gasteiger partial charge on any atom is 0.416 e. The Morgan fingerprint density at radius 3 is 2.40 bits per heavy atom. The molecule has 0 unspecified atom stereocenters. The summed E-state index contributed by atoms with van der Waals surface area (Å²) in [5.74, 6) is 0. The summed E-state index contributed by atoms with van der Waals surface area (Å²) in [7, 11) is -4.18. The molecule has 1 aromatic heterocycles. The minimum absolute atomic E-state index is 0.108. The molecule has 1 aliphatic rings. The minimum Gasteiger partial charge on any atom is -0.273 e. The molecule has 0 amide bonds. The van der Waals surface area contributed by atoms with Crippen LogP contribution in [0.1, 0.15) is 5.56 Å². The third-order valence-corrected chi connectivity index (χ3v) is 5.83. The maximum atomic E-state index is 13.0. The highest BCUT2D eigenvalue weighted by Gasteiger charge is 2.36. The van der Waals surface area contributed by atoms with Gasteiger partial charge in [0.25, 0.3) is 5.56 Å². The number of para-hydroxylation sites is 1. The molecule has 2 aromatic carbocycles. The lowest BCUT2D eigenvalue weighted by Crippen LogP contribution is -2.33. The predicted molar refractivity (Wildman–Crippen MR) is 80.6 cm³/mol. The van der Waals surface area contributed by atoms with Crippen LogP contribution in [0.5, 0.6) is 0 Å². The number of sulfone groups is 1. The number of benzene rings is 2. The van der Waals surface area contributed by atoms with Crippen LogP contribution in [-0.4, -0.2) is 18.0 Å². The zero-order valence-electron chi connectivity index (χ0n) is 12.1. The zero-order chi connectivity index (χ0) is 18.1. The summed E-state index contributed by atoms with van der Waals surface area (Å²) < 4.78 is 65.3. The van der Waals surface area contributed by atoms with Crippen molar-refractivity contribution in [3.05, 3.63) is 62.8 Å². The van der Waals surface area contributed by atoms with Crippen molar-refractivity contribution >= 4 is 20.7 Å². The highest BCUT2D eigenvalue weighted by atomic mass is 32.2. The van der Waals surface area contributed by atoms with Gasteiger partial charge in [0.2, 0.25) is 9.84 Å². The van der Waals surface area contributed by atoms with Crippen molar-refractivity contribution < 1.29 is 21.6 Å². The van der Waals surface area contributed by atoms with Gasteiger partial charge in [-0.15, -0.1) is 0 Å². The summed E-state index contributed by atoms with van der Waals surface area (Å²) >= 11 is 0. The molecule has 0 saturated carbocycles. The quantitative estimate of drug-likeness (QED) is 0.513. The van der Waals surface area contributed by atoms with Crippen molar-refractivity contribution in [3.8, 4) is 5.69 Å². The number of nitrogens with zero attached hydrogens (tertiary/aromatic N) is 1. The second-order valence-electron chi connectivity index (χ2n) is 5.43. The van der Waals surface area contributed by atoms with Gasteiger partial charge in [0.1, 0.15) is 0 Å². The van der Waals surface area contributed by atoms with Crippen molar-refractivity contribution in [3.63, 3.8) is 0 Å². The zero-order valence-corrected chi connectivity index (χ0v) is 12.9. The Kier molecular flexibility index (Phi) is 2.88. The molecule has 1 aliphatic heterocycles. The fraction of sp³-hybridized carbons (Fsp3) is 0.0667. The average molecular weight is 368 g/mol. The fourth-order valence-electron chi connectivity index (χ4n) is 2.92. The van der Waals surface area contributed by atoms with Crippen molar-refractivity contribution in [1.82, 2.24) is 9.55 Å². The summed E-state index contributed by atoms with van der Waals surface area (Å²) in [4.78, 5) is 25.4. The van der Waals surface area contributed by atoms with E-state index in [2.05, 4.69) is 0 Å². The largest absolute Gasteiger partial charge is 0.416 e. The average Bonchev–Trinajstić information content (AvgIpc) is 2.52. The Labute approximate surface area is 137 Å². The van der Waals surface area contributed by atoms with E-state index < -0.39 is 43.4 Å². The molecule has 128 valence electrons. The third kappa shape index (κ3) is 2.00. The molecule has 10 heteroatoms. The summed E-state index contributed by atoms with van der Waals surface area (Å²) in [6.07, 6.45) is -4.72. The van der Waals surface area contributed by atoms with E-state index in [1.807, 2.05) is 4.98 Å². The lowest BCUT2D eigenvalue weighted by Gasteiger charge is -2.22. The van der Waals surface area contributed by atoms with E-state index in [4.69, 9.17) is 0 Å². The lowest BCUT2D eigenvalue weighted by molar-refractivity contribution is -0.137. The van der Waals surface area contributed by atoms with Gasteiger partial charge in [-0.05, 0) is 30.3 Å². The van der Waals surface area contributed by atoms with Crippen molar-refractivity contribution in [2.45, 2.75) is 16.0 Å². The molecule has 0 aliphatic carbocycles. The van der Waals surface area contributed by atoms with Crippen LogP contribution in [0.15, 0.2) is 55.8 Å². The van der Waals surface area contributed by atoms with Gasteiger partial charge in [-0.25, -0.2) is 13.2 Å². The van der Waals surface area contributed by atoms with Crippen molar-refractivity contribution in [2.75, 3.05) is 0 Å². The third-order valence-electron chi connectivity index (χ3n) is 4.00. The Morgan fingerprint density at radius 1 is 1.00 bits per heavy atom. The number of nitrogens with one attached hydrogen (secondary N) is 1. The van der Waals surface area contributed by atoms with Crippen LogP contribution < -0.4 is 11.2 Å². The van der Waals surface area contributed by atoms with Crippen LogP contribution in [0.25, 0.3) is 16.6 Å². The first-order chi connectivity index (χ1) is 11.6. The van der Waals surface area contributed by atoms with Gasteiger partial charge in [-0.3, -0.25) is 14.3 Å². The number of fused-ring (bicyclic) bond motifs is 2. The van der Waals surface area contributed by atoms with E-state index in [0.717, 1.165) is 10.6 Å². The molecule has 6 nitrogen and oxygen atoms in total. The number of hydrogen-bond acceptors (Lipinski definition) is 4. The molecule has 0 saturated heterocycles. The summed E-state index contributed by atoms with van der Waals surface area (Å²) in [6, 6.07) is 5.86. The van der Waals surface area contributed by atoms with Gasteiger partial charge in [0.15, 0.2) is 0 Å². The molecule has 0 bridgehead atoms. The minimum atomic E-state index is -4.72. The van der Waals surface area contributed by atoms with E-state index >= 15 is 0 Å². The van der Waals surface area contributed by atoms with Gasteiger partial charge >= 0.3 is 11.9 Å². The molecular formula is C15H7F3N2O4S. The highest BCUT2D eigenvalue weighted by molar-refractivity contribution is 7.92. The lowest BCUT2D eigenvalue weighted by atomic mass is 10.1. The second kappa shape index (κ2) is 4.60. The van der Waals surface area contributed by atoms with E-state index in [1.54, 1.807) is 0 Å². The van der Waals surface area contributed by atoms with Crippen LogP contribution in [0.4, 0.5) is 13.2 Å². The number of hydrogen-bond donors (Lipinski definition) is 1. The van der Waals surface area contributed by atoms with E-state index in [1.165, 1.54) is 18.2 Å². The first-order valence-electron chi connectivity index (χ1n) is 6.87. The number of aromatic amines is 1. The van der Waals surface area contributed by atoms with E-state index in [9.17, 15) is 31.2 Å². The van der Waals surface area contributed by atoms with Crippen molar-refractivity contribution in [1.29, 1.82) is 0 Å². The molecular weight excluding hydrogens is 361 g/mol. The first kappa shape index (κ1) is 15.6. The Morgan fingerprint density at radius 2 is 1.72 bits per heavy atom. The molecule has 25 heavy (non-hydrogen) atoms. The van der Waals surface area contributed by atoms with E-state index in [-0.39, 0.29) is 15.8 Å².